The van der Waals surface area contributed by atoms with Crippen LogP contribution in [0.3, 0.4) is 0 Å². The maximum atomic E-state index is 12.7. The molecule has 0 aliphatic carbocycles. The topological polar surface area (TPSA) is 63.9 Å². The lowest BCUT2D eigenvalue weighted by atomic mass is 9.93. The first-order chi connectivity index (χ1) is 10.6. The molecule has 1 atom stereocenters. The molecule has 116 valence electrons. The molecule has 1 saturated heterocycles. The summed E-state index contributed by atoms with van der Waals surface area (Å²) in [5.41, 5.74) is 1.81. The molecule has 1 unspecified atom stereocenters. The number of anilines is 1. The normalized spacial score (nSPS) is 18.5. The summed E-state index contributed by atoms with van der Waals surface area (Å²) in [7, 11) is 1.86. The van der Waals surface area contributed by atoms with Crippen molar-refractivity contribution < 1.29 is 4.79 Å². The molecule has 0 N–H and O–H groups in total. The Balaban J connectivity index is 1.81. The molecule has 0 amide bonds. The summed E-state index contributed by atoms with van der Waals surface area (Å²) in [6.07, 6.45) is 7.14. The van der Waals surface area contributed by atoms with Crippen molar-refractivity contribution in [2.24, 2.45) is 13.0 Å². The molecule has 3 heterocycles. The lowest BCUT2D eigenvalue weighted by Gasteiger charge is -2.33. The highest BCUT2D eigenvalue weighted by Crippen LogP contribution is 2.25. The number of ketones is 1. The van der Waals surface area contributed by atoms with Crippen LogP contribution in [0.25, 0.3) is 0 Å². The maximum Gasteiger partial charge on any atom is 0.203 e. The number of hydrogen-bond donors (Lipinski definition) is 0. The fourth-order valence-electron chi connectivity index (χ4n) is 2.99. The zero-order valence-corrected chi connectivity index (χ0v) is 13.3. The van der Waals surface area contributed by atoms with Crippen LogP contribution in [-0.4, -0.2) is 38.4 Å². The molecule has 1 aliphatic heterocycles. The van der Waals surface area contributed by atoms with E-state index < -0.39 is 0 Å². The van der Waals surface area contributed by atoms with Crippen LogP contribution < -0.4 is 4.90 Å². The van der Waals surface area contributed by atoms with Crippen molar-refractivity contribution in [1.82, 2.24) is 19.5 Å². The number of aromatic nitrogens is 4. The monoisotopic (exact) mass is 299 g/mol. The van der Waals surface area contributed by atoms with Crippen molar-refractivity contribution in [2.45, 2.75) is 26.7 Å². The minimum absolute atomic E-state index is 0.0310. The van der Waals surface area contributed by atoms with Gasteiger partial charge in [0.05, 0.1) is 11.4 Å². The number of imidazole rings is 1. The van der Waals surface area contributed by atoms with Gasteiger partial charge in [0, 0.05) is 44.6 Å². The van der Waals surface area contributed by atoms with Gasteiger partial charge in [0.2, 0.25) is 5.78 Å². The van der Waals surface area contributed by atoms with E-state index in [0.717, 1.165) is 36.6 Å². The standard InChI is InChI=1S/C16H21N5O/c1-11-9-18-12(2)15(19-11)21-7-4-5-13(10-21)14(22)16-17-6-8-20(16)3/h6,8-9,13H,4-5,7,10H2,1-3H3. The maximum absolute atomic E-state index is 12.7. The van der Waals surface area contributed by atoms with E-state index in [1.807, 2.05) is 27.1 Å². The van der Waals surface area contributed by atoms with Gasteiger partial charge in [-0.25, -0.2) is 9.97 Å². The second-order valence-corrected chi connectivity index (χ2v) is 5.93. The molecule has 6 heteroatoms. The van der Waals surface area contributed by atoms with E-state index in [2.05, 4.69) is 19.9 Å². The van der Waals surface area contributed by atoms with Gasteiger partial charge in [0.25, 0.3) is 0 Å². The number of hydrogen-bond acceptors (Lipinski definition) is 5. The third-order valence-corrected chi connectivity index (χ3v) is 4.18. The van der Waals surface area contributed by atoms with Gasteiger partial charge in [0.15, 0.2) is 5.82 Å². The number of aryl methyl sites for hydroxylation is 3. The summed E-state index contributed by atoms with van der Waals surface area (Å²) in [5.74, 6) is 1.53. The van der Waals surface area contributed by atoms with E-state index in [0.29, 0.717) is 12.4 Å². The first-order valence-electron chi connectivity index (χ1n) is 7.63. The Morgan fingerprint density at radius 1 is 1.32 bits per heavy atom. The van der Waals surface area contributed by atoms with E-state index >= 15 is 0 Å². The quantitative estimate of drug-likeness (QED) is 0.810. The number of carbonyl (C=O) groups is 1. The van der Waals surface area contributed by atoms with Crippen LogP contribution >= 0.6 is 0 Å². The van der Waals surface area contributed by atoms with E-state index in [4.69, 9.17) is 0 Å². The molecule has 0 bridgehead atoms. The fraction of sp³-hybridized carbons (Fsp3) is 0.500. The summed E-state index contributed by atoms with van der Waals surface area (Å²) < 4.78 is 1.79. The summed E-state index contributed by atoms with van der Waals surface area (Å²) in [6.45, 7) is 5.51. The average molecular weight is 299 g/mol. The van der Waals surface area contributed by atoms with Gasteiger partial charge in [-0.1, -0.05) is 0 Å². The largest absolute Gasteiger partial charge is 0.354 e. The molecule has 0 radical (unpaired) electrons. The van der Waals surface area contributed by atoms with Crippen LogP contribution in [0.15, 0.2) is 18.6 Å². The Hall–Kier alpha value is -2.24. The molecule has 2 aromatic rings. The molecule has 22 heavy (non-hydrogen) atoms. The number of carbonyl (C=O) groups excluding carboxylic acids is 1. The summed E-state index contributed by atoms with van der Waals surface area (Å²) in [4.78, 5) is 28.0. The van der Waals surface area contributed by atoms with Crippen LogP contribution in [0.5, 0.6) is 0 Å². The highest BCUT2D eigenvalue weighted by molar-refractivity contribution is 5.95. The summed E-state index contributed by atoms with van der Waals surface area (Å²) in [6, 6.07) is 0. The minimum atomic E-state index is -0.0310. The second-order valence-electron chi connectivity index (χ2n) is 5.93. The molecule has 0 spiro atoms. The van der Waals surface area contributed by atoms with Gasteiger partial charge >= 0.3 is 0 Å². The Kier molecular flexibility index (Phi) is 3.92. The Morgan fingerprint density at radius 2 is 2.14 bits per heavy atom. The highest BCUT2D eigenvalue weighted by atomic mass is 16.1. The molecular weight excluding hydrogens is 278 g/mol. The molecule has 0 saturated carbocycles. The average Bonchev–Trinajstić information content (AvgIpc) is 2.95. The molecule has 6 nitrogen and oxygen atoms in total. The Bertz CT molecular complexity index is 694. The zero-order chi connectivity index (χ0) is 15.7. The predicted molar refractivity (Wildman–Crippen MR) is 84.0 cm³/mol. The summed E-state index contributed by atoms with van der Waals surface area (Å²) >= 11 is 0. The van der Waals surface area contributed by atoms with Crippen LogP contribution in [0.4, 0.5) is 5.82 Å². The number of piperidine rings is 1. The van der Waals surface area contributed by atoms with Gasteiger partial charge < -0.3 is 9.47 Å². The van der Waals surface area contributed by atoms with Gasteiger partial charge in [-0.3, -0.25) is 9.78 Å². The smallest absolute Gasteiger partial charge is 0.203 e. The van der Waals surface area contributed by atoms with Gasteiger partial charge in [-0.15, -0.1) is 0 Å². The van der Waals surface area contributed by atoms with Crippen molar-refractivity contribution in [3.8, 4) is 0 Å². The first kappa shape index (κ1) is 14.7. The molecule has 0 aromatic carbocycles. The van der Waals surface area contributed by atoms with Crippen LogP contribution in [0.2, 0.25) is 0 Å². The lowest BCUT2D eigenvalue weighted by molar-refractivity contribution is 0.0893. The van der Waals surface area contributed by atoms with Crippen molar-refractivity contribution in [3.05, 3.63) is 35.8 Å². The number of nitrogens with zero attached hydrogens (tertiary/aromatic N) is 5. The second kappa shape index (κ2) is 5.87. The molecule has 3 rings (SSSR count). The summed E-state index contributed by atoms with van der Waals surface area (Å²) in [5, 5.41) is 0. The molecule has 2 aromatic heterocycles. The van der Waals surface area contributed by atoms with Gasteiger partial charge in [0.1, 0.15) is 5.82 Å². The van der Waals surface area contributed by atoms with E-state index in [-0.39, 0.29) is 11.7 Å². The number of Topliss-reactive ketones (excluding diaryl/α,β-unsaturated/α-hetero) is 1. The van der Waals surface area contributed by atoms with Crippen molar-refractivity contribution in [1.29, 1.82) is 0 Å². The Morgan fingerprint density at radius 3 is 2.86 bits per heavy atom. The SMILES string of the molecule is Cc1cnc(C)c(N2CCCC(C(=O)c3nccn3C)C2)n1. The minimum Gasteiger partial charge on any atom is -0.354 e. The van der Waals surface area contributed by atoms with Crippen molar-refractivity contribution in [2.75, 3.05) is 18.0 Å². The Labute approximate surface area is 130 Å². The van der Waals surface area contributed by atoms with E-state index in [1.54, 1.807) is 17.0 Å². The fourth-order valence-corrected chi connectivity index (χ4v) is 2.99. The first-order valence-corrected chi connectivity index (χ1v) is 7.63. The van der Waals surface area contributed by atoms with Crippen molar-refractivity contribution >= 4 is 11.6 Å². The highest BCUT2D eigenvalue weighted by Gasteiger charge is 2.29. The van der Waals surface area contributed by atoms with Crippen LogP contribution in [0, 0.1) is 19.8 Å². The van der Waals surface area contributed by atoms with E-state index in [9.17, 15) is 4.79 Å². The lowest BCUT2D eigenvalue weighted by Crippen LogP contribution is -2.40. The van der Waals surface area contributed by atoms with E-state index in [1.165, 1.54) is 0 Å². The zero-order valence-electron chi connectivity index (χ0n) is 13.3. The van der Waals surface area contributed by atoms with Gasteiger partial charge in [-0.05, 0) is 26.7 Å². The number of rotatable bonds is 3. The predicted octanol–water partition coefficient (Wildman–Crippen LogP) is 1.93. The van der Waals surface area contributed by atoms with Crippen LogP contribution in [0.1, 0.15) is 34.8 Å². The molecular formula is C16H21N5O. The third kappa shape index (κ3) is 2.73. The molecule has 1 fully saturated rings. The van der Waals surface area contributed by atoms with Crippen molar-refractivity contribution in [3.63, 3.8) is 0 Å². The third-order valence-electron chi connectivity index (χ3n) is 4.18. The van der Waals surface area contributed by atoms with Gasteiger partial charge in [-0.2, -0.15) is 0 Å². The molecule has 1 aliphatic rings. The van der Waals surface area contributed by atoms with Crippen LogP contribution in [-0.2, 0) is 7.05 Å².